The number of nitrogens with zero attached hydrogens (tertiary/aromatic N) is 2. The Kier molecular flexibility index (Phi) is 3.01. The van der Waals surface area contributed by atoms with E-state index >= 15 is 0 Å². The second-order valence-corrected chi connectivity index (χ2v) is 4.15. The van der Waals surface area contributed by atoms with E-state index in [2.05, 4.69) is 26.1 Å². The molecule has 0 atom stereocenters. The Balaban J connectivity index is 2.11. The van der Waals surface area contributed by atoms with Crippen molar-refractivity contribution < 1.29 is 0 Å². The summed E-state index contributed by atoms with van der Waals surface area (Å²) in [4.78, 5) is 11.4. The van der Waals surface area contributed by atoms with Crippen LogP contribution in [0.15, 0.2) is 40.0 Å². The van der Waals surface area contributed by atoms with Gasteiger partial charge in [-0.05, 0) is 34.0 Å². The van der Waals surface area contributed by atoms with Gasteiger partial charge in [0.1, 0.15) is 0 Å². The van der Waals surface area contributed by atoms with Gasteiger partial charge in [-0.3, -0.25) is 9.89 Å². The number of aromatic amines is 1. The standard InChI is InChI=1S/C10H10BrN3O/c11-9-1-2-10(15)14(7-9)4-3-8-5-12-13-6-8/h1-2,5-7H,3-4H2,(H,12,13). The molecule has 0 unspecified atom stereocenters. The number of H-pyrrole nitrogens is 1. The van der Waals surface area contributed by atoms with E-state index in [4.69, 9.17) is 0 Å². The maximum absolute atomic E-state index is 11.4. The lowest BCUT2D eigenvalue weighted by Gasteiger charge is -2.04. The molecule has 0 aliphatic heterocycles. The lowest BCUT2D eigenvalue weighted by Crippen LogP contribution is -2.19. The highest BCUT2D eigenvalue weighted by Gasteiger charge is 1.98. The first kappa shape index (κ1) is 10.2. The monoisotopic (exact) mass is 267 g/mol. The van der Waals surface area contributed by atoms with E-state index in [1.807, 2.05) is 6.20 Å². The second-order valence-electron chi connectivity index (χ2n) is 3.24. The first-order valence-electron chi connectivity index (χ1n) is 4.59. The average Bonchev–Trinajstić information content (AvgIpc) is 2.72. The van der Waals surface area contributed by atoms with Gasteiger partial charge in [-0.1, -0.05) is 0 Å². The number of aromatic nitrogens is 3. The lowest BCUT2D eigenvalue weighted by molar-refractivity contribution is 0.667. The van der Waals surface area contributed by atoms with Crippen LogP contribution in [0.4, 0.5) is 0 Å². The van der Waals surface area contributed by atoms with Gasteiger partial charge in [-0.25, -0.2) is 0 Å². The molecule has 0 aliphatic carbocycles. The van der Waals surface area contributed by atoms with Crippen LogP contribution in [0.1, 0.15) is 5.56 Å². The zero-order chi connectivity index (χ0) is 10.7. The zero-order valence-electron chi connectivity index (χ0n) is 7.98. The molecule has 0 fully saturated rings. The molecular weight excluding hydrogens is 258 g/mol. The Hall–Kier alpha value is -1.36. The minimum atomic E-state index is 0.0155. The number of hydrogen-bond donors (Lipinski definition) is 1. The van der Waals surface area contributed by atoms with Crippen LogP contribution in [0, 0.1) is 0 Å². The molecule has 2 heterocycles. The van der Waals surface area contributed by atoms with Crippen LogP contribution >= 0.6 is 15.9 Å². The molecule has 15 heavy (non-hydrogen) atoms. The predicted octanol–water partition coefficient (Wildman–Crippen LogP) is 1.58. The van der Waals surface area contributed by atoms with Gasteiger partial charge in [-0.15, -0.1) is 0 Å². The summed E-state index contributed by atoms with van der Waals surface area (Å²) in [7, 11) is 0. The van der Waals surface area contributed by atoms with Gasteiger partial charge >= 0.3 is 0 Å². The largest absolute Gasteiger partial charge is 0.314 e. The molecule has 2 aromatic rings. The van der Waals surface area contributed by atoms with Crippen molar-refractivity contribution in [3.8, 4) is 0 Å². The fraction of sp³-hybridized carbons (Fsp3) is 0.200. The van der Waals surface area contributed by atoms with E-state index in [1.54, 1.807) is 29.1 Å². The molecule has 0 saturated heterocycles. The van der Waals surface area contributed by atoms with Crippen molar-refractivity contribution in [2.24, 2.45) is 0 Å². The summed E-state index contributed by atoms with van der Waals surface area (Å²) < 4.78 is 2.59. The Morgan fingerprint density at radius 1 is 1.47 bits per heavy atom. The average molecular weight is 268 g/mol. The van der Waals surface area contributed by atoms with E-state index in [0.29, 0.717) is 6.54 Å². The van der Waals surface area contributed by atoms with Gasteiger partial charge in [0, 0.05) is 29.5 Å². The quantitative estimate of drug-likeness (QED) is 0.918. The van der Waals surface area contributed by atoms with Crippen molar-refractivity contribution in [1.29, 1.82) is 0 Å². The second kappa shape index (κ2) is 4.44. The molecule has 5 heteroatoms. The Morgan fingerprint density at radius 3 is 3.07 bits per heavy atom. The van der Waals surface area contributed by atoms with Crippen LogP contribution in [-0.4, -0.2) is 14.8 Å². The van der Waals surface area contributed by atoms with Crippen LogP contribution < -0.4 is 5.56 Å². The Morgan fingerprint density at radius 2 is 2.33 bits per heavy atom. The highest BCUT2D eigenvalue weighted by molar-refractivity contribution is 9.10. The summed E-state index contributed by atoms with van der Waals surface area (Å²) in [5, 5.41) is 6.60. The van der Waals surface area contributed by atoms with E-state index in [-0.39, 0.29) is 5.56 Å². The van der Waals surface area contributed by atoms with Crippen molar-refractivity contribution in [2.45, 2.75) is 13.0 Å². The maximum atomic E-state index is 11.4. The summed E-state index contributed by atoms with van der Waals surface area (Å²) in [6.07, 6.45) is 6.20. The minimum absolute atomic E-state index is 0.0155. The SMILES string of the molecule is O=c1ccc(Br)cn1CCc1cn[nH]c1. The van der Waals surface area contributed by atoms with Gasteiger partial charge in [-0.2, -0.15) is 5.10 Å². The molecule has 0 saturated carbocycles. The summed E-state index contributed by atoms with van der Waals surface area (Å²) in [5.74, 6) is 0. The van der Waals surface area contributed by atoms with E-state index in [0.717, 1.165) is 16.5 Å². The number of aryl methyl sites for hydroxylation is 2. The topological polar surface area (TPSA) is 50.7 Å². The molecule has 0 aromatic carbocycles. The van der Waals surface area contributed by atoms with Crippen molar-refractivity contribution in [2.75, 3.05) is 0 Å². The van der Waals surface area contributed by atoms with E-state index < -0.39 is 0 Å². The third kappa shape index (κ3) is 2.56. The third-order valence-corrected chi connectivity index (χ3v) is 2.61. The van der Waals surface area contributed by atoms with Crippen molar-refractivity contribution >= 4 is 15.9 Å². The molecule has 0 radical (unpaired) electrons. The van der Waals surface area contributed by atoms with Crippen molar-refractivity contribution in [3.05, 3.63) is 51.1 Å². The summed E-state index contributed by atoms with van der Waals surface area (Å²) in [6, 6.07) is 3.30. The van der Waals surface area contributed by atoms with Crippen LogP contribution in [-0.2, 0) is 13.0 Å². The molecule has 2 rings (SSSR count). The molecule has 4 nitrogen and oxygen atoms in total. The van der Waals surface area contributed by atoms with Crippen LogP contribution in [0.2, 0.25) is 0 Å². The first-order chi connectivity index (χ1) is 7.25. The number of nitrogens with one attached hydrogen (secondary N) is 1. The van der Waals surface area contributed by atoms with Gasteiger partial charge in [0.05, 0.1) is 6.20 Å². The normalized spacial score (nSPS) is 10.5. The Bertz CT molecular complexity index is 490. The zero-order valence-corrected chi connectivity index (χ0v) is 9.57. The summed E-state index contributed by atoms with van der Waals surface area (Å²) in [6.45, 7) is 0.664. The highest BCUT2D eigenvalue weighted by Crippen LogP contribution is 2.05. The molecule has 78 valence electrons. The van der Waals surface area contributed by atoms with Gasteiger partial charge in [0.2, 0.25) is 0 Å². The van der Waals surface area contributed by atoms with Crippen LogP contribution in [0.5, 0.6) is 0 Å². The Labute approximate surface area is 95.1 Å². The summed E-state index contributed by atoms with van der Waals surface area (Å²) >= 11 is 3.34. The number of pyridine rings is 1. The molecule has 0 spiro atoms. The molecular formula is C10H10BrN3O. The number of hydrogen-bond acceptors (Lipinski definition) is 2. The molecule has 0 aliphatic rings. The van der Waals surface area contributed by atoms with Crippen molar-refractivity contribution in [1.82, 2.24) is 14.8 Å². The lowest BCUT2D eigenvalue weighted by atomic mass is 10.2. The predicted molar refractivity (Wildman–Crippen MR) is 60.7 cm³/mol. The minimum Gasteiger partial charge on any atom is -0.314 e. The molecule has 1 N–H and O–H groups in total. The molecule has 2 aromatic heterocycles. The van der Waals surface area contributed by atoms with Gasteiger partial charge in [0.15, 0.2) is 0 Å². The van der Waals surface area contributed by atoms with Gasteiger partial charge in [0.25, 0.3) is 5.56 Å². The third-order valence-electron chi connectivity index (χ3n) is 2.14. The van der Waals surface area contributed by atoms with E-state index in [9.17, 15) is 4.79 Å². The molecule has 0 bridgehead atoms. The fourth-order valence-electron chi connectivity index (χ4n) is 1.34. The van der Waals surface area contributed by atoms with E-state index in [1.165, 1.54) is 0 Å². The smallest absolute Gasteiger partial charge is 0.250 e. The number of halogens is 1. The van der Waals surface area contributed by atoms with Crippen LogP contribution in [0.3, 0.4) is 0 Å². The van der Waals surface area contributed by atoms with Crippen LogP contribution in [0.25, 0.3) is 0 Å². The summed E-state index contributed by atoms with van der Waals surface area (Å²) in [5.41, 5.74) is 1.11. The van der Waals surface area contributed by atoms with Crippen molar-refractivity contribution in [3.63, 3.8) is 0 Å². The van der Waals surface area contributed by atoms with Gasteiger partial charge < -0.3 is 4.57 Å². The first-order valence-corrected chi connectivity index (χ1v) is 5.38. The maximum Gasteiger partial charge on any atom is 0.250 e. The molecule has 0 amide bonds. The highest BCUT2D eigenvalue weighted by atomic mass is 79.9. The number of rotatable bonds is 3. The fourth-order valence-corrected chi connectivity index (χ4v) is 1.72.